The first-order valence-corrected chi connectivity index (χ1v) is 12.5. The van der Waals surface area contributed by atoms with Crippen LogP contribution in [0.15, 0.2) is 54.9 Å². The normalized spacial score (nSPS) is 17.5. The molecule has 0 spiro atoms. The second kappa shape index (κ2) is 11.4. The number of hydrogen-bond acceptors (Lipinski definition) is 6. The molecule has 1 atom stereocenters. The Morgan fingerprint density at radius 3 is 2.82 bits per heavy atom. The molecule has 1 N–H and O–H groups in total. The first-order valence-electron chi connectivity index (χ1n) is 12.5. The van der Waals surface area contributed by atoms with Crippen molar-refractivity contribution in [3.63, 3.8) is 0 Å². The Morgan fingerprint density at radius 1 is 1.16 bits per heavy atom. The van der Waals surface area contributed by atoms with Gasteiger partial charge in [-0.1, -0.05) is 17.9 Å². The fourth-order valence-electron chi connectivity index (χ4n) is 4.42. The lowest BCUT2D eigenvalue weighted by atomic mass is 10.0. The maximum Gasteiger partial charge on any atom is 0.270 e. The molecule has 2 aliphatic heterocycles. The van der Waals surface area contributed by atoms with Crippen LogP contribution >= 0.6 is 0 Å². The second-order valence-corrected chi connectivity index (χ2v) is 9.25. The average Bonchev–Trinajstić information content (AvgIpc) is 3.06. The van der Waals surface area contributed by atoms with E-state index in [1.54, 1.807) is 37.4 Å². The zero-order valence-electron chi connectivity index (χ0n) is 20.9. The molecule has 0 bridgehead atoms. The highest BCUT2D eigenvalue weighted by Crippen LogP contribution is 2.31. The Balaban J connectivity index is 1.27. The molecule has 194 valence electrons. The number of rotatable bonds is 4. The van der Waals surface area contributed by atoms with Gasteiger partial charge in [0.15, 0.2) is 0 Å². The van der Waals surface area contributed by atoms with Crippen LogP contribution < -0.4 is 15.0 Å². The van der Waals surface area contributed by atoms with Crippen LogP contribution in [0.1, 0.15) is 40.0 Å². The molecule has 2 aromatic heterocycles. The molecule has 38 heavy (non-hydrogen) atoms. The summed E-state index contributed by atoms with van der Waals surface area (Å²) >= 11 is 0. The predicted octanol–water partition coefficient (Wildman–Crippen LogP) is 3.14. The largest absolute Gasteiger partial charge is 0.489 e. The number of nitrogens with zero attached hydrogens (tertiary/aromatic N) is 3. The molecular formula is C29H27FN4O4. The van der Waals surface area contributed by atoms with Crippen LogP contribution in [-0.4, -0.2) is 54.7 Å². The summed E-state index contributed by atoms with van der Waals surface area (Å²) in [4.78, 5) is 35.5. The molecule has 9 heteroatoms. The van der Waals surface area contributed by atoms with Gasteiger partial charge >= 0.3 is 0 Å². The Kier molecular flexibility index (Phi) is 7.61. The van der Waals surface area contributed by atoms with Crippen LogP contribution in [0.25, 0.3) is 0 Å². The van der Waals surface area contributed by atoms with E-state index in [1.165, 1.54) is 17.3 Å². The Labute approximate surface area is 220 Å². The molecule has 8 nitrogen and oxygen atoms in total. The van der Waals surface area contributed by atoms with Gasteiger partial charge < -0.3 is 19.7 Å². The zero-order valence-corrected chi connectivity index (χ0v) is 20.9. The van der Waals surface area contributed by atoms with Gasteiger partial charge in [0, 0.05) is 56.1 Å². The van der Waals surface area contributed by atoms with E-state index in [2.05, 4.69) is 27.1 Å². The minimum absolute atomic E-state index is 0.0321. The molecule has 4 heterocycles. The van der Waals surface area contributed by atoms with E-state index in [4.69, 9.17) is 9.47 Å². The van der Waals surface area contributed by atoms with E-state index in [0.717, 1.165) is 31.6 Å². The summed E-state index contributed by atoms with van der Waals surface area (Å²) in [6.07, 6.45) is 4.95. The zero-order chi connectivity index (χ0) is 26.5. The van der Waals surface area contributed by atoms with Gasteiger partial charge in [0.1, 0.15) is 24.1 Å². The van der Waals surface area contributed by atoms with Crippen molar-refractivity contribution >= 4 is 17.5 Å². The first-order chi connectivity index (χ1) is 18.5. The van der Waals surface area contributed by atoms with Crippen molar-refractivity contribution in [2.24, 2.45) is 5.92 Å². The molecule has 1 fully saturated rings. The van der Waals surface area contributed by atoms with Crippen LogP contribution in [0, 0.1) is 23.7 Å². The molecule has 2 amide bonds. The maximum atomic E-state index is 14.0. The highest BCUT2D eigenvalue weighted by atomic mass is 19.1. The van der Waals surface area contributed by atoms with Crippen LogP contribution in [0.4, 0.5) is 10.1 Å². The van der Waals surface area contributed by atoms with E-state index in [9.17, 15) is 14.0 Å². The second-order valence-electron chi connectivity index (χ2n) is 9.25. The summed E-state index contributed by atoms with van der Waals surface area (Å²) in [5.41, 5.74) is 2.60. The number of carbonyl (C=O) groups excluding carboxylic acids is 2. The highest BCUT2D eigenvalue weighted by Gasteiger charge is 2.31. The predicted molar refractivity (Wildman–Crippen MR) is 138 cm³/mol. The van der Waals surface area contributed by atoms with Crippen molar-refractivity contribution in [3.8, 4) is 17.6 Å². The Hall–Kier alpha value is -4.29. The molecule has 0 radical (unpaired) electrons. The molecule has 3 aromatic rings. The van der Waals surface area contributed by atoms with Gasteiger partial charge in [-0.25, -0.2) is 4.98 Å². The van der Waals surface area contributed by atoms with Gasteiger partial charge in [0.2, 0.25) is 5.95 Å². The average molecular weight is 515 g/mol. The van der Waals surface area contributed by atoms with Crippen molar-refractivity contribution in [3.05, 3.63) is 83.2 Å². The molecular weight excluding hydrogens is 487 g/mol. The van der Waals surface area contributed by atoms with Crippen LogP contribution in [0.5, 0.6) is 5.75 Å². The van der Waals surface area contributed by atoms with Gasteiger partial charge in [-0.15, -0.1) is 0 Å². The topological polar surface area (TPSA) is 93.7 Å². The number of aromatic nitrogens is 2. The molecule has 2 aliphatic rings. The van der Waals surface area contributed by atoms with Crippen molar-refractivity contribution in [2.75, 3.05) is 31.8 Å². The first kappa shape index (κ1) is 25.4. The molecule has 5 rings (SSSR count). The summed E-state index contributed by atoms with van der Waals surface area (Å²) < 4.78 is 25.2. The van der Waals surface area contributed by atoms with Crippen LogP contribution in [0.3, 0.4) is 0 Å². The number of benzene rings is 1. The van der Waals surface area contributed by atoms with Crippen LogP contribution in [0.2, 0.25) is 0 Å². The lowest BCUT2D eigenvalue weighted by Gasteiger charge is -2.20. The van der Waals surface area contributed by atoms with Crippen LogP contribution in [-0.2, 0) is 16.0 Å². The number of hydrogen-bond donors (Lipinski definition) is 1. The van der Waals surface area contributed by atoms with Crippen molar-refractivity contribution in [1.29, 1.82) is 0 Å². The lowest BCUT2D eigenvalue weighted by molar-refractivity contribution is -0.120. The van der Waals surface area contributed by atoms with Gasteiger partial charge in [-0.05, 0) is 54.8 Å². The number of carbonyl (C=O) groups is 2. The fraction of sp³-hybridized carbons (Fsp3) is 0.310. The highest BCUT2D eigenvalue weighted by molar-refractivity contribution is 6.03. The summed E-state index contributed by atoms with van der Waals surface area (Å²) in [6, 6.07) is 11.1. The summed E-state index contributed by atoms with van der Waals surface area (Å²) in [6.45, 7) is 1.42. The van der Waals surface area contributed by atoms with E-state index in [1.807, 2.05) is 12.1 Å². The lowest BCUT2D eigenvalue weighted by Crippen LogP contribution is -2.49. The van der Waals surface area contributed by atoms with E-state index >= 15 is 0 Å². The SMILES string of the molecule is CN1C(=O)C(NC(=O)c2cc(Cc3cccnc3F)ccn2)COc2ccc(C#CC3CCOCC3)cc21. The van der Waals surface area contributed by atoms with E-state index < -0.39 is 17.9 Å². The third kappa shape index (κ3) is 5.82. The van der Waals surface area contributed by atoms with Crippen molar-refractivity contribution in [2.45, 2.75) is 25.3 Å². The van der Waals surface area contributed by atoms with Gasteiger partial charge in [0.05, 0.1) is 5.69 Å². The quantitative estimate of drug-likeness (QED) is 0.425. The van der Waals surface area contributed by atoms with Gasteiger partial charge in [-0.2, -0.15) is 4.39 Å². The molecule has 0 saturated carbocycles. The third-order valence-electron chi connectivity index (χ3n) is 6.59. The van der Waals surface area contributed by atoms with Crippen molar-refractivity contribution < 1.29 is 23.5 Å². The summed E-state index contributed by atoms with van der Waals surface area (Å²) in [7, 11) is 1.64. The number of halogens is 1. The van der Waals surface area contributed by atoms with E-state index in [-0.39, 0.29) is 24.6 Å². The maximum absolute atomic E-state index is 14.0. The smallest absolute Gasteiger partial charge is 0.270 e. The summed E-state index contributed by atoms with van der Waals surface area (Å²) in [5.74, 6) is 5.94. The standard InChI is InChI=1S/C29H27FN4O4/c1-34-25-17-20(5-4-19-9-13-37-14-10-19)6-7-26(25)38-18-24(29(34)36)33-28(35)23-16-21(8-12-31-23)15-22-3-2-11-32-27(22)30/h2-3,6-8,11-12,16-17,19,24H,9-10,13-15,18H2,1H3,(H,33,35). The third-order valence-corrected chi connectivity index (χ3v) is 6.59. The number of fused-ring (bicyclic) bond motifs is 1. The number of likely N-dealkylation sites (N-methyl/N-ethyl adjacent to an activating group) is 1. The number of anilines is 1. The minimum atomic E-state index is -0.919. The number of pyridine rings is 2. The minimum Gasteiger partial charge on any atom is -0.489 e. The summed E-state index contributed by atoms with van der Waals surface area (Å²) in [5, 5.41) is 2.73. The van der Waals surface area contributed by atoms with Gasteiger partial charge in [0.25, 0.3) is 11.8 Å². The molecule has 1 aromatic carbocycles. The molecule has 1 saturated heterocycles. The Bertz CT molecular complexity index is 1410. The van der Waals surface area contributed by atoms with E-state index in [0.29, 0.717) is 28.5 Å². The Morgan fingerprint density at radius 2 is 2.00 bits per heavy atom. The number of nitrogens with one attached hydrogen (secondary N) is 1. The fourth-order valence-corrected chi connectivity index (χ4v) is 4.42. The molecule has 1 unspecified atom stereocenters. The van der Waals surface area contributed by atoms with Crippen molar-refractivity contribution in [1.82, 2.24) is 15.3 Å². The number of ether oxygens (including phenoxy) is 2. The monoisotopic (exact) mass is 514 g/mol. The van der Waals surface area contributed by atoms with Gasteiger partial charge in [-0.3, -0.25) is 14.6 Å². The number of amides is 2. The molecule has 0 aliphatic carbocycles.